The lowest BCUT2D eigenvalue weighted by atomic mass is 10.0. The van der Waals surface area contributed by atoms with Gasteiger partial charge in [0, 0.05) is 20.3 Å². The number of carbonyl (C=O) groups excluding carboxylic acids is 4. The fourth-order valence-corrected chi connectivity index (χ4v) is 3.14. The average molecular weight is 377 g/mol. The monoisotopic (exact) mass is 377 g/mol. The number of ether oxygens (including phenoxy) is 3. The van der Waals surface area contributed by atoms with Gasteiger partial charge < -0.3 is 14.2 Å². The van der Waals surface area contributed by atoms with Crippen LogP contribution in [0.1, 0.15) is 47.9 Å². The maximum Gasteiger partial charge on any atom is 0.303 e. The molecule has 0 aliphatic carbocycles. The molecule has 1 fully saturated rings. The zero-order valence-electron chi connectivity index (χ0n) is 15.0. The van der Waals surface area contributed by atoms with Gasteiger partial charge in [0.1, 0.15) is 6.10 Å². The van der Waals surface area contributed by atoms with Gasteiger partial charge >= 0.3 is 11.9 Å². The molecule has 0 N–H and O–H groups in total. The molecule has 0 bridgehead atoms. The molecule has 0 aromatic heterocycles. The molecule has 0 saturated carbocycles. The summed E-state index contributed by atoms with van der Waals surface area (Å²) >= 11 is 0. The number of hydrogen-bond donors (Lipinski definition) is 0. The second-order valence-corrected chi connectivity index (χ2v) is 6.28. The number of hydrogen-bond acceptors (Lipinski definition) is 8. The Kier molecular flexibility index (Phi) is 5.24. The minimum atomic E-state index is -1.04. The third-order valence-corrected chi connectivity index (χ3v) is 4.22. The SMILES string of the molecule is CC(=O)O[C@@H]1[C@H](C)O[C@@H](ON2C(=O)c3ccccc3C2=O)C[C@@H]1OC(C)=O. The van der Waals surface area contributed by atoms with Crippen LogP contribution in [0.15, 0.2) is 24.3 Å². The lowest BCUT2D eigenvalue weighted by molar-refractivity contribution is -0.298. The first-order chi connectivity index (χ1) is 12.8. The van der Waals surface area contributed by atoms with Crippen LogP contribution < -0.4 is 0 Å². The van der Waals surface area contributed by atoms with E-state index >= 15 is 0 Å². The number of esters is 2. The number of fused-ring (bicyclic) bond motifs is 1. The molecule has 0 spiro atoms. The Hall–Kier alpha value is -2.78. The number of benzene rings is 1. The van der Waals surface area contributed by atoms with E-state index in [0.717, 1.165) is 0 Å². The smallest absolute Gasteiger partial charge is 0.303 e. The molecule has 9 nitrogen and oxygen atoms in total. The van der Waals surface area contributed by atoms with E-state index in [9.17, 15) is 19.2 Å². The highest BCUT2D eigenvalue weighted by Crippen LogP contribution is 2.29. The van der Waals surface area contributed by atoms with Crippen molar-refractivity contribution in [3.05, 3.63) is 35.4 Å². The lowest BCUT2D eigenvalue weighted by Crippen LogP contribution is -2.52. The van der Waals surface area contributed by atoms with Gasteiger partial charge in [-0.15, -0.1) is 5.06 Å². The van der Waals surface area contributed by atoms with Gasteiger partial charge in [-0.2, -0.15) is 0 Å². The third kappa shape index (κ3) is 3.83. The summed E-state index contributed by atoms with van der Waals surface area (Å²) in [6.07, 6.45) is -3.41. The summed E-state index contributed by atoms with van der Waals surface area (Å²) in [7, 11) is 0. The van der Waals surface area contributed by atoms with Gasteiger partial charge in [0.2, 0.25) is 0 Å². The second-order valence-electron chi connectivity index (χ2n) is 6.28. The van der Waals surface area contributed by atoms with Crippen molar-refractivity contribution < 1.29 is 38.2 Å². The van der Waals surface area contributed by atoms with E-state index in [1.807, 2.05) is 0 Å². The van der Waals surface area contributed by atoms with Crippen LogP contribution in [0.4, 0.5) is 0 Å². The first kappa shape index (κ1) is 19.0. The van der Waals surface area contributed by atoms with E-state index in [1.54, 1.807) is 19.1 Å². The number of rotatable bonds is 4. The molecule has 2 aliphatic heterocycles. The van der Waals surface area contributed by atoms with Gasteiger partial charge in [-0.1, -0.05) is 12.1 Å². The van der Waals surface area contributed by atoms with Crippen LogP contribution in [0, 0.1) is 0 Å². The Morgan fingerprint density at radius 3 is 2.11 bits per heavy atom. The van der Waals surface area contributed by atoms with E-state index in [0.29, 0.717) is 5.06 Å². The molecule has 0 radical (unpaired) electrons. The van der Waals surface area contributed by atoms with Gasteiger partial charge in [-0.25, -0.2) is 4.84 Å². The number of nitrogens with zero attached hydrogens (tertiary/aromatic N) is 1. The van der Waals surface area contributed by atoms with Gasteiger partial charge in [-0.3, -0.25) is 19.2 Å². The molecule has 4 atom stereocenters. The molecule has 1 aromatic rings. The average Bonchev–Trinajstić information content (AvgIpc) is 2.83. The Bertz CT molecular complexity index is 756. The van der Waals surface area contributed by atoms with E-state index in [-0.39, 0.29) is 17.5 Å². The number of imide groups is 1. The van der Waals surface area contributed by atoms with Crippen molar-refractivity contribution in [2.45, 2.75) is 51.8 Å². The first-order valence-electron chi connectivity index (χ1n) is 8.42. The van der Waals surface area contributed by atoms with E-state index < -0.39 is 48.4 Å². The molecule has 27 heavy (non-hydrogen) atoms. The molecule has 0 unspecified atom stereocenters. The van der Waals surface area contributed by atoms with Crippen LogP contribution in [-0.2, 0) is 28.6 Å². The van der Waals surface area contributed by atoms with E-state index in [2.05, 4.69) is 0 Å². The normalized spacial score (nSPS) is 27.3. The quantitative estimate of drug-likeness (QED) is 0.569. The van der Waals surface area contributed by atoms with E-state index in [1.165, 1.54) is 26.0 Å². The molecule has 2 amide bonds. The largest absolute Gasteiger partial charge is 0.458 e. The summed E-state index contributed by atoms with van der Waals surface area (Å²) in [5.74, 6) is -2.31. The van der Waals surface area contributed by atoms with Crippen molar-refractivity contribution in [3.8, 4) is 0 Å². The maximum absolute atomic E-state index is 12.4. The van der Waals surface area contributed by atoms with Crippen molar-refractivity contribution in [2.75, 3.05) is 0 Å². The van der Waals surface area contributed by atoms with Crippen LogP contribution in [0.3, 0.4) is 0 Å². The summed E-state index contributed by atoms with van der Waals surface area (Å²) < 4.78 is 16.0. The molecule has 2 heterocycles. The van der Waals surface area contributed by atoms with Crippen LogP contribution in [-0.4, -0.2) is 53.4 Å². The predicted molar refractivity (Wildman–Crippen MR) is 88.1 cm³/mol. The van der Waals surface area contributed by atoms with Crippen molar-refractivity contribution in [3.63, 3.8) is 0 Å². The molecular formula is C18H19NO8. The molecular weight excluding hydrogens is 358 g/mol. The Labute approximate surface area is 155 Å². The Balaban J connectivity index is 1.75. The van der Waals surface area contributed by atoms with E-state index in [4.69, 9.17) is 19.0 Å². The zero-order chi connectivity index (χ0) is 19.7. The third-order valence-electron chi connectivity index (χ3n) is 4.22. The molecule has 9 heteroatoms. The molecule has 2 aliphatic rings. The van der Waals surface area contributed by atoms with Crippen molar-refractivity contribution >= 4 is 23.8 Å². The topological polar surface area (TPSA) is 108 Å². The fourth-order valence-electron chi connectivity index (χ4n) is 3.14. The highest BCUT2D eigenvalue weighted by Gasteiger charge is 2.45. The highest BCUT2D eigenvalue weighted by atomic mass is 16.8. The van der Waals surface area contributed by atoms with Crippen molar-refractivity contribution in [1.29, 1.82) is 0 Å². The minimum Gasteiger partial charge on any atom is -0.458 e. The van der Waals surface area contributed by atoms with Crippen molar-refractivity contribution in [1.82, 2.24) is 5.06 Å². The Morgan fingerprint density at radius 1 is 1.04 bits per heavy atom. The zero-order valence-corrected chi connectivity index (χ0v) is 15.0. The maximum atomic E-state index is 12.4. The number of hydroxylamine groups is 2. The van der Waals surface area contributed by atoms with Gasteiger partial charge in [-0.05, 0) is 19.1 Å². The molecule has 3 rings (SSSR count). The van der Waals surface area contributed by atoms with Crippen LogP contribution in [0.5, 0.6) is 0 Å². The van der Waals surface area contributed by atoms with Crippen LogP contribution in [0.2, 0.25) is 0 Å². The van der Waals surface area contributed by atoms with Crippen molar-refractivity contribution in [2.24, 2.45) is 0 Å². The van der Waals surface area contributed by atoms with Gasteiger partial charge in [0.05, 0.1) is 17.2 Å². The summed E-state index contributed by atoms with van der Waals surface area (Å²) in [4.78, 5) is 53.0. The second kappa shape index (κ2) is 7.45. The summed E-state index contributed by atoms with van der Waals surface area (Å²) in [6, 6.07) is 6.35. The minimum absolute atomic E-state index is 0.0186. The van der Waals surface area contributed by atoms with Gasteiger partial charge in [0.15, 0.2) is 12.4 Å². The number of carbonyl (C=O) groups is 4. The van der Waals surface area contributed by atoms with Crippen LogP contribution >= 0.6 is 0 Å². The summed E-state index contributed by atoms with van der Waals surface area (Å²) in [5.41, 5.74) is 0.473. The lowest BCUT2D eigenvalue weighted by Gasteiger charge is -2.39. The highest BCUT2D eigenvalue weighted by molar-refractivity contribution is 6.20. The molecule has 144 valence electrons. The standard InChI is InChI=1S/C18H19NO8/c1-9-16(26-11(3)21)14(25-10(2)20)8-15(24-9)27-19-17(22)12-6-4-5-7-13(12)18(19)23/h4-7,9,14-16H,8H2,1-3H3/t9-,14-,15-,16+/m0/s1. The Morgan fingerprint density at radius 2 is 1.59 bits per heavy atom. The fraction of sp³-hybridized carbons (Fsp3) is 0.444. The first-order valence-corrected chi connectivity index (χ1v) is 8.42. The number of amides is 2. The summed E-state index contributed by atoms with van der Waals surface area (Å²) in [6.45, 7) is 4.08. The van der Waals surface area contributed by atoms with Crippen LogP contribution in [0.25, 0.3) is 0 Å². The molecule has 1 saturated heterocycles. The van der Waals surface area contributed by atoms with Gasteiger partial charge in [0.25, 0.3) is 11.8 Å². The predicted octanol–water partition coefficient (Wildman–Crippen LogP) is 1.21. The molecule has 1 aromatic carbocycles. The summed E-state index contributed by atoms with van der Waals surface area (Å²) in [5, 5.41) is 0.638.